The normalized spacial score (nSPS) is 15.2. The van der Waals surface area contributed by atoms with Gasteiger partial charge in [0.2, 0.25) is 17.7 Å². The average molecular weight is 421 g/mol. The van der Waals surface area contributed by atoms with Crippen molar-refractivity contribution in [3.8, 4) is 0 Å². The van der Waals surface area contributed by atoms with Crippen LogP contribution in [0, 0.1) is 5.92 Å². The summed E-state index contributed by atoms with van der Waals surface area (Å²) in [5, 5.41) is 25.4. The lowest BCUT2D eigenvalue weighted by atomic mass is 10.0. The number of thioether (sulfide) groups is 1. The number of aliphatic hydroxyl groups excluding tert-OH is 1. The molecule has 10 nitrogen and oxygen atoms in total. The number of carbonyl (C=O) groups is 4. The fraction of sp³-hybridized carbons (Fsp3) is 0.765. The highest BCUT2D eigenvalue weighted by Crippen LogP contribution is 2.07. The van der Waals surface area contributed by atoms with Crippen LogP contribution in [0.3, 0.4) is 0 Å². The number of nitrogens with one attached hydrogen (secondary N) is 3. The molecule has 0 aromatic carbocycles. The van der Waals surface area contributed by atoms with E-state index < -0.39 is 54.5 Å². The van der Waals surface area contributed by atoms with E-state index in [0.29, 0.717) is 18.6 Å². The van der Waals surface area contributed by atoms with Crippen molar-refractivity contribution in [2.45, 2.75) is 57.8 Å². The Morgan fingerprint density at radius 1 is 0.964 bits per heavy atom. The molecule has 28 heavy (non-hydrogen) atoms. The van der Waals surface area contributed by atoms with Crippen LogP contribution < -0.4 is 21.7 Å². The van der Waals surface area contributed by atoms with E-state index in [1.165, 1.54) is 6.92 Å². The first-order valence-electron chi connectivity index (χ1n) is 9.02. The van der Waals surface area contributed by atoms with E-state index in [1.54, 1.807) is 11.8 Å². The molecular weight excluding hydrogens is 388 g/mol. The van der Waals surface area contributed by atoms with E-state index in [2.05, 4.69) is 16.0 Å². The summed E-state index contributed by atoms with van der Waals surface area (Å²) in [6.45, 7) is 4.27. The summed E-state index contributed by atoms with van der Waals surface area (Å²) in [5.41, 5.74) is 5.82. The molecule has 0 saturated carbocycles. The lowest BCUT2D eigenvalue weighted by Gasteiger charge is -2.24. The Labute approximate surface area is 169 Å². The first-order valence-corrected chi connectivity index (χ1v) is 10.4. The van der Waals surface area contributed by atoms with Crippen molar-refractivity contribution >= 4 is 35.5 Å². The van der Waals surface area contributed by atoms with Gasteiger partial charge in [-0.2, -0.15) is 11.8 Å². The molecule has 0 aromatic heterocycles. The number of carboxylic acid groups (broad SMARTS) is 1. The van der Waals surface area contributed by atoms with Crippen molar-refractivity contribution in [2.75, 3.05) is 18.6 Å². The summed E-state index contributed by atoms with van der Waals surface area (Å²) in [6.07, 6.45) is 2.65. The van der Waals surface area contributed by atoms with Crippen LogP contribution in [-0.4, -0.2) is 76.7 Å². The third kappa shape index (κ3) is 9.90. The van der Waals surface area contributed by atoms with Gasteiger partial charge < -0.3 is 31.9 Å². The Morgan fingerprint density at radius 3 is 1.96 bits per heavy atom. The van der Waals surface area contributed by atoms with Gasteiger partial charge in [-0.05, 0) is 37.7 Å². The van der Waals surface area contributed by atoms with Gasteiger partial charge in [0.05, 0.1) is 12.6 Å². The zero-order valence-corrected chi connectivity index (χ0v) is 17.5. The van der Waals surface area contributed by atoms with Crippen LogP contribution in [-0.2, 0) is 19.2 Å². The van der Waals surface area contributed by atoms with Crippen LogP contribution in [0.4, 0.5) is 0 Å². The van der Waals surface area contributed by atoms with Gasteiger partial charge in [0.15, 0.2) is 0 Å². The third-order valence-electron chi connectivity index (χ3n) is 3.85. The molecule has 3 amide bonds. The molecule has 0 unspecified atom stereocenters. The van der Waals surface area contributed by atoms with E-state index in [9.17, 15) is 24.3 Å². The summed E-state index contributed by atoms with van der Waals surface area (Å²) in [4.78, 5) is 47.7. The third-order valence-corrected chi connectivity index (χ3v) is 4.50. The van der Waals surface area contributed by atoms with E-state index in [1.807, 2.05) is 20.1 Å². The maximum Gasteiger partial charge on any atom is 0.325 e. The minimum atomic E-state index is -1.34. The van der Waals surface area contributed by atoms with E-state index in [-0.39, 0.29) is 5.92 Å². The minimum absolute atomic E-state index is 0.0620. The largest absolute Gasteiger partial charge is 0.480 e. The Hall–Kier alpha value is -1.85. The van der Waals surface area contributed by atoms with Crippen LogP contribution in [0.25, 0.3) is 0 Å². The van der Waals surface area contributed by atoms with Crippen LogP contribution >= 0.6 is 11.8 Å². The Morgan fingerprint density at radius 2 is 1.50 bits per heavy atom. The first kappa shape index (κ1) is 26.1. The van der Waals surface area contributed by atoms with Crippen molar-refractivity contribution < 1.29 is 29.4 Å². The van der Waals surface area contributed by atoms with Crippen molar-refractivity contribution in [2.24, 2.45) is 11.7 Å². The highest BCUT2D eigenvalue weighted by molar-refractivity contribution is 7.98. The van der Waals surface area contributed by atoms with Crippen LogP contribution in [0.2, 0.25) is 0 Å². The SMILES string of the molecule is CSCC[C@H](N)C(=O)N[C@@H](CC(C)C)C(=O)N[C@@H](CO)C(=O)N[C@@H](C)C(=O)O. The van der Waals surface area contributed by atoms with Crippen molar-refractivity contribution in [3.63, 3.8) is 0 Å². The van der Waals surface area contributed by atoms with Gasteiger partial charge in [-0.1, -0.05) is 13.8 Å². The fourth-order valence-electron chi connectivity index (χ4n) is 2.20. The van der Waals surface area contributed by atoms with Gasteiger partial charge in [-0.25, -0.2) is 0 Å². The maximum atomic E-state index is 12.6. The first-order chi connectivity index (χ1) is 13.0. The van der Waals surface area contributed by atoms with Gasteiger partial charge in [-0.15, -0.1) is 0 Å². The number of nitrogens with two attached hydrogens (primary N) is 1. The molecule has 162 valence electrons. The maximum absolute atomic E-state index is 12.6. The Balaban J connectivity index is 5.04. The van der Waals surface area contributed by atoms with Crippen LogP contribution in [0.15, 0.2) is 0 Å². The lowest BCUT2D eigenvalue weighted by Crippen LogP contribution is -2.58. The summed E-state index contributed by atoms with van der Waals surface area (Å²) in [5.74, 6) is -2.45. The zero-order chi connectivity index (χ0) is 21.9. The molecule has 0 aliphatic heterocycles. The van der Waals surface area contributed by atoms with Crippen LogP contribution in [0.1, 0.15) is 33.6 Å². The molecule has 0 spiro atoms. The molecule has 0 radical (unpaired) electrons. The quantitative estimate of drug-likeness (QED) is 0.213. The summed E-state index contributed by atoms with van der Waals surface area (Å²) in [7, 11) is 0. The lowest BCUT2D eigenvalue weighted by molar-refractivity contribution is -0.142. The number of hydrogen-bond donors (Lipinski definition) is 6. The summed E-state index contributed by atoms with van der Waals surface area (Å²) >= 11 is 1.55. The molecule has 0 bridgehead atoms. The molecule has 7 N–H and O–H groups in total. The second kappa shape index (κ2) is 13.3. The number of hydrogen-bond acceptors (Lipinski definition) is 7. The summed E-state index contributed by atoms with van der Waals surface area (Å²) < 4.78 is 0. The predicted molar refractivity (Wildman–Crippen MR) is 107 cm³/mol. The number of aliphatic carboxylic acids is 1. The van der Waals surface area contributed by atoms with E-state index in [4.69, 9.17) is 10.8 Å². The fourth-order valence-corrected chi connectivity index (χ4v) is 2.69. The number of rotatable bonds is 13. The topological polar surface area (TPSA) is 171 Å². The standard InChI is InChI=1S/C17H32N4O6S/c1-9(2)7-12(20-14(23)11(18)5-6-28-4)15(24)21-13(8-22)16(25)19-10(3)17(26)27/h9-13,22H,5-8,18H2,1-4H3,(H,19,25)(H,20,23)(H,21,24)(H,26,27)/t10-,11-,12-,13-/m0/s1. The van der Waals surface area contributed by atoms with Gasteiger partial charge in [0.1, 0.15) is 18.1 Å². The second-order valence-electron chi connectivity index (χ2n) is 6.89. The van der Waals surface area contributed by atoms with Crippen molar-refractivity contribution in [1.29, 1.82) is 0 Å². The molecule has 0 fully saturated rings. The van der Waals surface area contributed by atoms with Gasteiger partial charge in [-0.3, -0.25) is 19.2 Å². The van der Waals surface area contributed by atoms with Gasteiger partial charge in [0, 0.05) is 0 Å². The average Bonchev–Trinajstić information content (AvgIpc) is 2.62. The second-order valence-corrected chi connectivity index (χ2v) is 7.88. The Kier molecular flexibility index (Phi) is 12.5. The number of carbonyl (C=O) groups excluding carboxylic acids is 3. The molecule has 0 aliphatic carbocycles. The highest BCUT2D eigenvalue weighted by atomic mass is 32.2. The van der Waals surface area contributed by atoms with Gasteiger partial charge in [0.25, 0.3) is 0 Å². The van der Waals surface area contributed by atoms with Gasteiger partial charge >= 0.3 is 5.97 Å². The molecule has 0 aromatic rings. The zero-order valence-electron chi connectivity index (χ0n) is 16.7. The molecule has 0 heterocycles. The number of amides is 3. The highest BCUT2D eigenvalue weighted by Gasteiger charge is 2.29. The molecule has 11 heteroatoms. The number of carboxylic acids is 1. The summed E-state index contributed by atoms with van der Waals surface area (Å²) in [6, 6.07) is -4.22. The molecule has 0 rings (SSSR count). The molecule has 4 atom stereocenters. The number of aliphatic hydroxyl groups is 1. The van der Waals surface area contributed by atoms with Crippen molar-refractivity contribution in [3.05, 3.63) is 0 Å². The molecule has 0 aliphatic rings. The van der Waals surface area contributed by atoms with E-state index in [0.717, 1.165) is 0 Å². The minimum Gasteiger partial charge on any atom is -0.480 e. The van der Waals surface area contributed by atoms with Crippen molar-refractivity contribution in [1.82, 2.24) is 16.0 Å². The molecule has 0 saturated heterocycles. The predicted octanol–water partition coefficient (Wildman–Crippen LogP) is -1.34. The Bertz CT molecular complexity index is 546. The molecular formula is C17H32N4O6S. The smallest absolute Gasteiger partial charge is 0.325 e. The van der Waals surface area contributed by atoms with Crippen LogP contribution in [0.5, 0.6) is 0 Å². The monoisotopic (exact) mass is 420 g/mol. The van der Waals surface area contributed by atoms with E-state index >= 15 is 0 Å².